The van der Waals surface area contributed by atoms with E-state index in [1.165, 1.54) is 0 Å². The number of para-hydroxylation sites is 2. The lowest BCUT2D eigenvalue weighted by molar-refractivity contribution is -0.121. The molecule has 0 aliphatic heterocycles. The molecule has 2 aromatic rings. The average molecular weight is 245 g/mol. The van der Waals surface area contributed by atoms with Crippen LogP contribution >= 0.6 is 0 Å². The molecule has 96 valence electrons. The molecule has 0 aliphatic carbocycles. The Bertz CT molecular complexity index is 559. The zero-order chi connectivity index (χ0) is 13.1. The number of hydrogen-bond acceptors (Lipinski definition) is 3. The number of benzene rings is 1. The highest BCUT2D eigenvalue weighted by Crippen LogP contribution is 2.15. The summed E-state index contributed by atoms with van der Waals surface area (Å²) in [5, 5.41) is 3.03. The summed E-state index contributed by atoms with van der Waals surface area (Å²) in [6.07, 6.45) is 0.397. The number of nitrogens with zero attached hydrogens (tertiary/aromatic N) is 2. The van der Waals surface area contributed by atoms with Crippen molar-refractivity contribution in [2.24, 2.45) is 13.0 Å². The SMILES string of the molecule is CNCC(C)C(=O)Cc1nc2ccccc2n1C. The summed E-state index contributed by atoms with van der Waals surface area (Å²) in [6, 6.07) is 7.94. The van der Waals surface area contributed by atoms with Crippen molar-refractivity contribution in [1.29, 1.82) is 0 Å². The molecule has 2 rings (SSSR count). The van der Waals surface area contributed by atoms with Crippen LogP contribution in [0.25, 0.3) is 11.0 Å². The van der Waals surface area contributed by atoms with E-state index in [-0.39, 0.29) is 11.7 Å². The Balaban J connectivity index is 2.22. The van der Waals surface area contributed by atoms with E-state index in [0.29, 0.717) is 13.0 Å². The first-order chi connectivity index (χ1) is 8.63. The minimum absolute atomic E-state index is 0.0230. The number of fused-ring (bicyclic) bond motifs is 1. The molecular formula is C14H19N3O. The second-order valence-corrected chi connectivity index (χ2v) is 4.68. The van der Waals surface area contributed by atoms with E-state index in [2.05, 4.69) is 10.3 Å². The molecule has 1 heterocycles. The predicted octanol–water partition coefficient (Wildman–Crippen LogP) is 1.54. The molecular weight excluding hydrogens is 226 g/mol. The van der Waals surface area contributed by atoms with Gasteiger partial charge in [0.05, 0.1) is 17.5 Å². The summed E-state index contributed by atoms with van der Waals surface area (Å²) < 4.78 is 2.00. The molecule has 0 bridgehead atoms. The van der Waals surface area contributed by atoms with Crippen molar-refractivity contribution < 1.29 is 4.79 Å². The highest BCUT2D eigenvalue weighted by molar-refractivity contribution is 5.84. The van der Waals surface area contributed by atoms with E-state index >= 15 is 0 Å². The van der Waals surface area contributed by atoms with Crippen molar-refractivity contribution in [2.75, 3.05) is 13.6 Å². The molecule has 4 heteroatoms. The van der Waals surface area contributed by atoms with Gasteiger partial charge >= 0.3 is 0 Å². The standard InChI is InChI=1S/C14H19N3O/c1-10(9-15-2)13(18)8-14-16-11-6-4-5-7-12(11)17(14)3/h4-7,10,15H,8-9H2,1-3H3. The van der Waals surface area contributed by atoms with Crippen molar-refractivity contribution in [3.8, 4) is 0 Å². The van der Waals surface area contributed by atoms with Gasteiger partial charge in [-0.25, -0.2) is 4.98 Å². The van der Waals surface area contributed by atoms with Crippen molar-refractivity contribution in [2.45, 2.75) is 13.3 Å². The second kappa shape index (κ2) is 5.31. The largest absolute Gasteiger partial charge is 0.331 e. The van der Waals surface area contributed by atoms with Gasteiger partial charge in [0.1, 0.15) is 11.6 Å². The van der Waals surface area contributed by atoms with Crippen LogP contribution in [0.1, 0.15) is 12.7 Å². The zero-order valence-electron chi connectivity index (χ0n) is 11.1. The maximum Gasteiger partial charge on any atom is 0.144 e. The smallest absolute Gasteiger partial charge is 0.144 e. The van der Waals surface area contributed by atoms with E-state index in [1.807, 2.05) is 49.9 Å². The summed E-state index contributed by atoms with van der Waals surface area (Å²) in [6.45, 7) is 2.66. The highest BCUT2D eigenvalue weighted by atomic mass is 16.1. The number of Topliss-reactive ketones (excluding diaryl/α,β-unsaturated/α-hetero) is 1. The fourth-order valence-electron chi connectivity index (χ4n) is 2.10. The molecule has 0 spiro atoms. The summed E-state index contributed by atoms with van der Waals surface area (Å²) in [5.41, 5.74) is 2.02. The molecule has 0 aliphatic rings. The Hall–Kier alpha value is -1.68. The number of aryl methyl sites for hydroxylation is 1. The topological polar surface area (TPSA) is 46.9 Å². The molecule has 0 saturated heterocycles. The molecule has 18 heavy (non-hydrogen) atoms. The van der Waals surface area contributed by atoms with Gasteiger partial charge in [-0.05, 0) is 19.2 Å². The molecule has 1 atom stereocenters. The van der Waals surface area contributed by atoms with Gasteiger partial charge in [-0.15, -0.1) is 0 Å². The van der Waals surface area contributed by atoms with Crippen LogP contribution in [0, 0.1) is 5.92 Å². The Morgan fingerprint density at radius 1 is 1.44 bits per heavy atom. The summed E-state index contributed by atoms with van der Waals surface area (Å²) >= 11 is 0. The van der Waals surface area contributed by atoms with E-state index < -0.39 is 0 Å². The highest BCUT2D eigenvalue weighted by Gasteiger charge is 2.16. The Kier molecular flexibility index (Phi) is 3.77. The van der Waals surface area contributed by atoms with Crippen LogP contribution in [0.4, 0.5) is 0 Å². The predicted molar refractivity (Wildman–Crippen MR) is 72.5 cm³/mol. The van der Waals surface area contributed by atoms with Gasteiger partial charge in [0.15, 0.2) is 0 Å². The summed E-state index contributed by atoms with van der Waals surface area (Å²) in [7, 11) is 3.82. The maximum atomic E-state index is 12.0. The molecule has 1 N–H and O–H groups in total. The molecule has 0 fully saturated rings. The Labute approximate surface area is 107 Å². The lowest BCUT2D eigenvalue weighted by Crippen LogP contribution is -2.25. The lowest BCUT2D eigenvalue weighted by atomic mass is 10.0. The Morgan fingerprint density at radius 3 is 2.83 bits per heavy atom. The van der Waals surface area contributed by atoms with Crippen molar-refractivity contribution in [1.82, 2.24) is 14.9 Å². The van der Waals surface area contributed by atoms with Crippen molar-refractivity contribution >= 4 is 16.8 Å². The van der Waals surface area contributed by atoms with Crippen molar-refractivity contribution in [3.05, 3.63) is 30.1 Å². The minimum atomic E-state index is 0.0230. The molecule has 1 unspecified atom stereocenters. The number of aromatic nitrogens is 2. The van der Waals surface area contributed by atoms with Crippen LogP contribution in [0.2, 0.25) is 0 Å². The number of imidazole rings is 1. The van der Waals surface area contributed by atoms with Gasteiger partial charge in [-0.2, -0.15) is 0 Å². The second-order valence-electron chi connectivity index (χ2n) is 4.68. The van der Waals surface area contributed by atoms with E-state index in [1.54, 1.807) is 0 Å². The monoisotopic (exact) mass is 245 g/mol. The third kappa shape index (κ3) is 2.43. The molecule has 4 nitrogen and oxygen atoms in total. The number of nitrogens with one attached hydrogen (secondary N) is 1. The number of ketones is 1. The average Bonchev–Trinajstić information content (AvgIpc) is 2.67. The Morgan fingerprint density at radius 2 is 2.17 bits per heavy atom. The molecule has 0 radical (unpaired) electrons. The van der Waals surface area contributed by atoms with Crippen LogP contribution in [0.5, 0.6) is 0 Å². The first-order valence-electron chi connectivity index (χ1n) is 6.21. The van der Waals surface area contributed by atoms with E-state index in [9.17, 15) is 4.79 Å². The third-order valence-electron chi connectivity index (χ3n) is 3.27. The van der Waals surface area contributed by atoms with Gasteiger partial charge in [-0.1, -0.05) is 19.1 Å². The van der Waals surface area contributed by atoms with Gasteiger partial charge in [0.2, 0.25) is 0 Å². The number of hydrogen-bond donors (Lipinski definition) is 1. The van der Waals surface area contributed by atoms with Crippen molar-refractivity contribution in [3.63, 3.8) is 0 Å². The van der Waals surface area contributed by atoms with Gasteiger partial charge in [0, 0.05) is 19.5 Å². The van der Waals surface area contributed by atoms with Crippen LogP contribution in [0.15, 0.2) is 24.3 Å². The third-order valence-corrected chi connectivity index (χ3v) is 3.27. The first-order valence-corrected chi connectivity index (χ1v) is 6.21. The number of rotatable bonds is 5. The summed E-state index contributed by atoms with van der Waals surface area (Å²) in [5.74, 6) is 1.08. The molecule has 0 saturated carbocycles. The summed E-state index contributed by atoms with van der Waals surface area (Å²) in [4.78, 5) is 16.6. The first kappa shape index (κ1) is 12.8. The number of carbonyl (C=O) groups is 1. The normalized spacial score (nSPS) is 12.8. The lowest BCUT2D eigenvalue weighted by Gasteiger charge is -2.09. The quantitative estimate of drug-likeness (QED) is 0.869. The molecule has 1 aromatic heterocycles. The van der Waals surface area contributed by atoms with E-state index in [4.69, 9.17) is 0 Å². The maximum absolute atomic E-state index is 12.0. The minimum Gasteiger partial charge on any atom is -0.331 e. The molecule has 0 amide bonds. The van der Waals surface area contributed by atoms with Crippen LogP contribution in [0.3, 0.4) is 0 Å². The van der Waals surface area contributed by atoms with Crippen LogP contribution in [-0.2, 0) is 18.3 Å². The fraction of sp³-hybridized carbons (Fsp3) is 0.429. The number of carbonyl (C=O) groups excluding carboxylic acids is 1. The zero-order valence-corrected chi connectivity index (χ0v) is 11.1. The fourth-order valence-corrected chi connectivity index (χ4v) is 2.10. The van der Waals surface area contributed by atoms with Crippen LogP contribution < -0.4 is 5.32 Å². The van der Waals surface area contributed by atoms with Gasteiger partial charge < -0.3 is 9.88 Å². The molecule has 1 aromatic carbocycles. The van der Waals surface area contributed by atoms with Crippen LogP contribution in [-0.4, -0.2) is 28.9 Å². The van der Waals surface area contributed by atoms with E-state index in [0.717, 1.165) is 16.9 Å². The van der Waals surface area contributed by atoms with Gasteiger partial charge in [-0.3, -0.25) is 4.79 Å². The van der Waals surface area contributed by atoms with Gasteiger partial charge in [0.25, 0.3) is 0 Å².